The van der Waals surface area contributed by atoms with Crippen LogP contribution in [0.1, 0.15) is 58.5 Å². The number of rotatable bonds is 5. The van der Waals surface area contributed by atoms with E-state index in [1.54, 1.807) is 0 Å². The van der Waals surface area contributed by atoms with Gasteiger partial charge in [-0.2, -0.15) is 0 Å². The molecule has 0 radical (unpaired) electrons. The Labute approximate surface area is 168 Å². The number of nitrogens with two attached hydrogens (primary N) is 1. The molecule has 1 aromatic heterocycles. The molecule has 2 heterocycles. The lowest BCUT2D eigenvalue weighted by Gasteiger charge is -2.20. The predicted octanol–water partition coefficient (Wildman–Crippen LogP) is 3.99. The van der Waals surface area contributed by atoms with Crippen LogP contribution in [0.3, 0.4) is 0 Å². The van der Waals surface area contributed by atoms with E-state index in [0.717, 1.165) is 53.2 Å². The summed E-state index contributed by atoms with van der Waals surface area (Å²) in [6, 6.07) is 5.82. The minimum atomic E-state index is -0.510. The standard InChI is InChI=1S/C21H24N2O4S/c1-12-17(10-13-7-8-15-16(9-13)27-11-26-15)28-21(18(12)19(22)24)23-20(25)14-5-3-2-4-6-14/h7-9,14H,2-6,10-11H2,1H3,(H2,22,24)(H,23,25). The van der Waals surface area contributed by atoms with Gasteiger partial charge in [-0.05, 0) is 43.0 Å². The monoisotopic (exact) mass is 400 g/mol. The van der Waals surface area contributed by atoms with Crippen molar-refractivity contribution in [2.75, 3.05) is 12.1 Å². The number of nitrogens with one attached hydrogen (secondary N) is 1. The number of carbonyl (C=O) groups is 2. The number of carbonyl (C=O) groups excluding carboxylic acids is 2. The van der Waals surface area contributed by atoms with E-state index in [1.807, 2.05) is 25.1 Å². The highest BCUT2D eigenvalue weighted by atomic mass is 32.1. The van der Waals surface area contributed by atoms with E-state index in [0.29, 0.717) is 17.0 Å². The van der Waals surface area contributed by atoms with E-state index in [4.69, 9.17) is 15.2 Å². The third-order valence-electron chi connectivity index (χ3n) is 5.51. The molecule has 2 aromatic rings. The van der Waals surface area contributed by atoms with Crippen LogP contribution in [0.2, 0.25) is 0 Å². The van der Waals surface area contributed by atoms with Gasteiger partial charge >= 0.3 is 0 Å². The second-order valence-corrected chi connectivity index (χ2v) is 8.51. The van der Waals surface area contributed by atoms with Gasteiger partial charge in [0.25, 0.3) is 5.91 Å². The summed E-state index contributed by atoms with van der Waals surface area (Å²) >= 11 is 1.43. The van der Waals surface area contributed by atoms with Crippen LogP contribution < -0.4 is 20.5 Å². The Bertz CT molecular complexity index is 915. The third-order valence-corrected chi connectivity index (χ3v) is 6.71. The summed E-state index contributed by atoms with van der Waals surface area (Å²) in [4.78, 5) is 25.7. The van der Waals surface area contributed by atoms with E-state index in [9.17, 15) is 9.59 Å². The average Bonchev–Trinajstić information content (AvgIpc) is 3.26. The Morgan fingerprint density at radius 2 is 1.93 bits per heavy atom. The molecule has 0 saturated heterocycles. The fraction of sp³-hybridized carbons (Fsp3) is 0.429. The number of ether oxygens (including phenoxy) is 2. The minimum Gasteiger partial charge on any atom is -0.454 e. The Morgan fingerprint density at radius 3 is 2.68 bits per heavy atom. The van der Waals surface area contributed by atoms with Crippen LogP contribution in [-0.2, 0) is 11.2 Å². The fourth-order valence-electron chi connectivity index (χ4n) is 3.93. The van der Waals surface area contributed by atoms with Crippen molar-refractivity contribution in [3.8, 4) is 11.5 Å². The molecule has 4 rings (SSSR count). The highest BCUT2D eigenvalue weighted by Gasteiger charge is 2.26. The van der Waals surface area contributed by atoms with Crippen molar-refractivity contribution in [2.24, 2.45) is 11.7 Å². The first kappa shape index (κ1) is 18.8. The first-order valence-corrected chi connectivity index (χ1v) is 10.5. The number of hydrogen-bond acceptors (Lipinski definition) is 5. The first-order valence-electron chi connectivity index (χ1n) is 9.64. The van der Waals surface area contributed by atoms with E-state index in [1.165, 1.54) is 17.8 Å². The highest BCUT2D eigenvalue weighted by Crippen LogP contribution is 2.38. The topological polar surface area (TPSA) is 90.7 Å². The van der Waals surface area contributed by atoms with E-state index in [2.05, 4.69) is 5.32 Å². The highest BCUT2D eigenvalue weighted by molar-refractivity contribution is 7.17. The molecule has 2 aliphatic rings. The molecule has 0 unspecified atom stereocenters. The third kappa shape index (κ3) is 3.71. The van der Waals surface area contributed by atoms with Crippen LogP contribution in [0.15, 0.2) is 18.2 Å². The SMILES string of the molecule is Cc1c(Cc2ccc3c(c2)OCO3)sc(NC(=O)C2CCCCC2)c1C(N)=O. The number of amides is 2. The van der Waals surface area contributed by atoms with Gasteiger partial charge in [-0.15, -0.1) is 11.3 Å². The van der Waals surface area contributed by atoms with Crippen molar-refractivity contribution in [2.45, 2.75) is 45.4 Å². The Kier molecular flexibility index (Phi) is 5.26. The number of hydrogen-bond donors (Lipinski definition) is 2. The summed E-state index contributed by atoms with van der Waals surface area (Å²) in [6.07, 6.45) is 5.80. The molecule has 1 aromatic carbocycles. The van der Waals surface area contributed by atoms with Gasteiger partial charge in [0.2, 0.25) is 12.7 Å². The molecule has 0 spiro atoms. The molecule has 7 heteroatoms. The number of anilines is 1. The maximum atomic E-state index is 12.7. The fourth-order valence-corrected chi connectivity index (χ4v) is 5.18. The van der Waals surface area contributed by atoms with Crippen LogP contribution in [0.5, 0.6) is 11.5 Å². The molecule has 2 amide bonds. The van der Waals surface area contributed by atoms with Crippen molar-refractivity contribution in [3.63, 3.8) is 0 Å². The number of thiophene rings is 1. The van der Waals surface area contributed by atoms with E-state index < -0.39 is 5.91 Å². The lowest BCUT2D eigenvalue weighted by atomic mass is 9.89. The van der Waals surface area contributed by atoms with Crippen molar-refractivity contribution >= 4 is 28.2 Å². The normalized spacial score (nSPS) is 16.2. The summed E-state index contributed by atoms with van der Waals surface area (Å²) < 4.78 is 10.8. The van der Waals surface area contributed by atoms with Crippen LogP contribution in [0, 0.1) is 12.8 Å². The molecule has 6 nitrogen and oxygen atoms in total. The molecular formula is C21H24N2O4S. The van der Waals surface area contributed by atoms with Gasteiger partial charge in [-0.25, -0.2) is 0 Å². The maximum absolute atomic E-state index is 12.7. The summed E-state index contributed by atoms with van der Waals surface area (Å²) in [6.45, 7) is 2.12. The van der Waals surface area contributed by atoms with Gasteiger partial charge in [-0.3, -0.25) is 9.59 Å². The number of primary amides is 1. The molecule has 1 aliphatic heterocycles. The van der Waals surface area contributed by atoms with Crippen LogP contribution in [0.25, 0.3) is 0 Å². The van der Waals surface area contributed by atoms with Gasteiger partial charge in [-0.1, -0.05) is 25.3 Å². The summed E-state index contributed by atoms with van der Waals surface area (Å²) in [7, 11) is 0. The molecule has 1 aliphatic carbocycles. The zero-order chi connectivity index (χ0) is 19.7. The lowest BCUT2D eigenvalue weighted by Crippen LogP contribution is -2.25. The minimum absolute atomic E-state index is 0.00178. The van der Waals surface area contributed by atoms with Gasteiger partial charge in [0.15, 0.2) is 11.5 Å². The molecule has 28 heavy (non-hydrogen) atoms. The second-order valence-electron chi connectivity index (χ2n) is 7.41. The summed E-state index contributed by atoms with van der Waals surface area (Å²) in [5.74, 6) is 0.981. The Hall–Kier alpha value is -2.54. The zero-order valence-corrected chi connectivity index (χ0v) is 16.7. The van der Waals surface area contributed by atoms with Gasteiger partial charge in [0, 0.05) is 17.2 Å². The molecule has 1 fully saturated rings. The van der Waals surface area contributed by atoms with Gasteiger partial charge in [0.1, 0.15) is 5.00 Å². The van der Waals surface area contributed by atoms with Gasteiger partial charge < -0.3 is 20.5 Å². The largest absolute Gasteiger partial charge is 0.454 e. The average molecular weight is 401 g/mol. The summed E-state index contributed by atoms with van der Waals surface area (Å²) in [5.41, 5.74) is 7.93. The van der Waals surface area contributed by atoms with Crippen molar-refractivity contribution in [1.29, 1.82) is 0 Å². The maximum Gasteiger partial charge on any atom is 0.251 e. The lowest BCUT2D eigenvalue weighted by molar-refractivity contribution is -0.120. The van der Waals surface area contributed by atoms with Crippen molar-refractivity contribution in [1.82, 2.24) is 0 Å². The van der Waals surface area contributed by atoms with Crippen molar-refractivity contribution < 1.29 is 19.1 Å². The molecule has 148 valence electrons. The van der Waals surface area contributed by atoms with Crippen molar-refractivity contribution in [3.05, 3.63) is 39.8 Å². The molecule has 3 N–H and O–H groups in total. The van der Waals surface area contributed by atoms with E-state index in [-0.39, 0.29) is 18.6 Å². The molecule has 0 atom stereocenters. The molecule has 1 saturated carbocycles. The number of fused-ring (bicyclic) bond motifs is 1. The smallest absolute Gasteiger partial charge is 0.251 e. The second kappa shape index (κ2) is 7.83. The number of benzene rings is 1. The van der Waals surface area contributed by atoms with Crippen LogP contribution in [0.4, 0.5) is 5.00 Å². The Morgan fingerprint density at radius 1 is 1.18 bits per heavy atom. The zero-order valence-electron chi connectivity index (χ0n) is 15.9. The summed E-state index contributed by atoms with van der Waals surface area (Å²) in [5, 5.41) is 3.55. The van der Waals surface area contributed by atoms with Crippen LogP contribution >= 0.6 is 11.3 Å². The quantitative estimate of drug-likeness (QED) is 0.794. The van der Waals surface area contributed by atoms with Gasteiger partial charge in [0.05, 0.1) is 5.56 Å². The van der Waals surface area contributed by atoms with E-state index >= 15 is 0 Å². The Balaban J connectivity index is 1.57. The predicted molar refractivity (Wildman–Crippen MR) is 108 cm³/mol. The molecular weight excluding hydrogens is 376 g/mol. The molecule has 0 bridgehead atoms. The van der Waals surface area contributed by atoms with Crippen LogP contribution in [-0.4, -0.2) is 18.6 Å². The first-order chi connectivity index (χ1) is 13.5.